The number of aliphatic hydroxyl groups is 1. The average Bonchev–Trinajstić information content (AvgIpc) is 2.33. The van der Waals surface area contributed by atoms with Crippen LogP contribution < -0.4 is 4.74 Å². The van der Waals surface area contributed by atoms with Crippen LogP contribution in [0.15, 0.2) is 47.1 Å². The molecule has 3 nitrogen and oxygen atoms in total. The fourth-order valence-corrected chi connectivity index (χ4v) is 1.59. The molecule has 1 heterocycles. The molecule has 0 fully saturated rings. The number of hydrogen-bond acceptors (Lipinski definition) is 3. The fourth-order valence-electron chi connectivity index (χ4n) is 1.32. The van der Waals surface area contributed by atoms with Gasteiger partial charge in [-0.3, -0.25) is 0 Å². The third-order valence-corrected chi connectivity index (χ3v) is 2.81. The molecule has 0 saturated carbocycles. The Kier molecular flexibility index (Phi) is 3.76. The first-order valence-electron chi connectivity index (χ1n) is 5.22. The number of rotatable bonds is 3. The Balaban J connectivity index is 2.11. The van der Waals surface area contributed by atoms with E-state index in [0.717, 1.165) is 15.8 Å². The summed E-state index contributed by atoms with van der Waals surface area (Å²) >= 11 is 3.36. The van der Waals surface area contributed by atoms with E-state index in [-0.39, 0.29) is 0 Å². The predicted octanol–water partition coefficient (Wildman–Crippen LogP) is 3.69. The first kappa shape index (κ1) is 12.1. The number of halogens is 1. The van der Waals surface area contributed by atoms with E-state index in [2.05, 4.69) is 20.9 Å². The summed E-state index contributed by atoms with van der Waals surface area (Å²) in [7, 11) is 0. The van der Waals surface area contributed by atoms with Crippen LogP contribution in [-0.4, -0.2) is 10.1 Å². The molecule has 1 N–H and O–H groups in total. The van der Waals surface area contributed by atoms with E-state index in [1.165, 1.54) is 0 Å². The van der Waals surface area contributed by atoms with Gasteiger partial charge >= 0.3 is 0 Å². The molecule has 0 spiro atoms. The Bertz CT molecular complexity index is 480. The maximum Gasteiger partial charge on any atom is 0.219 e. The Hall–Kier alpha value is -1.39. The number of aliphatic hydroxyl groups excluding tert-OH is 1. The van der Waals surface area contributed by atoms with Gasteiger partial charge in [-0.2, -0.15) is 0 Å². The van der Waals surface area contributed by atoms with Crippen LogP contribution in [0.2, 0.25) is 0 Å². The van der Waals surface area contributed by atoms with E-state index in [4.69, 9.17) is 4.74 Å². The quantitative estimate of drug-likeness (QED) is 0.938. The van der Waals surface area contributed by atoms with Crippen molar-refractivity contribution in [1.29, 1.82) is 0 Å². The van der Waals surface area contributed by atoms with E-state index in [1.807, 2.05) is 24.3 Å². The zero-order chi connectivity index (χ0) is 12.3. The largest absolute Gasteiger partial charge is 0.439 e. The molecular weight excluding hydrogens is 282 g/mol. The van der Waals surface area contributed by atoms with Crippen molar-refractivity contribution in [3.05, 3.63) is 52.6 Å². The van der Waals surface area contributed by atoms with Gasteiger partial charge in [0.2, 0.25) is 5.88 Å². The Labute approximate surface area is 108 Å². The topological polar surface area (TPSA) is 42.4 Å². The number of hydrogen-bond donors (Lipinski definition) is 1. The first-order chi connectivity index (χ1) is 8.15. The fraction of sp³-hybridized carbons (Fsp3) is 0.154. The monoisotopic (exact) mass is 293 g/mol. The van der Waals surface area contributed by atoms with Crippen LogP contribution in [0.25, 0.3) is 0 Å². The molecule has 17 heavy (non-hydrogen) atoms. The maximum absolute atomic E-state index is 9.35. The van der Waals surface area contributed by atoms with Crippen LogP contribution in [0, 0.1) is 0 Å². The smallest absolute Gasteiger partial charge is 0.219 e. The number of aromatic nitrogens is 1. The molecule has 0 bridgehead atoms. The molecule has 4 heteroatoms. The lowest BCUT2D eigenvalue weighted by Gasteiger charge is -2.07. The summed E-state index contributed by atoms with van der Waals surface area (Å²) < 4.78 is 6.56. The summed E-state index contributed by atoms with van der Waals surface area (Å²) in [6.07, 6.45) is 1.10. The highest BCUT2D eigenvalue weighted by Crippen LogP contribution is 2.22. The van der Waals surface area contributed by atoms with Crippen molar-refractivity contribution in [2.24, 2.45) is 0 Å². The van der Waals surface area contributed by atoms with Crippen molar-refractivity contribution in [3.8, 4) is 11.6 Å². The zero-order valence-corrected chi connectivity index (χ0v) is 10.9. The molecule has 0 radical (unpaired) electrons. The Morgan fingerprint density at radius 2 is 1.88 bits per heavy atom. The second-order valence-electron chi connectivity index (χ2n) is 3.66. The van der Waals surface area contributed by atoms with E-state index in [1.54, 1.807) is 25.3 Å². The summed E-state index contributed by atoms with van der Waals surface area (Å²) in [5, 5.41) is 9.35. The number of nitrogens with zero attached hydrogens (tertiary/aromatic N) is 1. The standard InChI is InChI=1S/C13H12BrNO2/c1-9(16)10-2-7-13(15-8-10)17-12-5-3-11(14)4-6-12/h2-9,16H,1H3/t9-/m0/s1. The highest BCUT2D eigenvalue weighted by Gasteiger charge is 2.02. The average molecular weight is 294 g/mol. The lowest BCUT2D eigenvalue weighted by atomic mass is 10.2. The van der Waals surface area contributed by atoms with Gasteiger partial charge in [0.05, 0.1) is 6.10 Å². The summed E-state index contributed by atoms with van der Waals surface area (Å²) in [6, 6.07) is 11.1. The van der Waals surface area contributed by atoms with Gasteiger partial charge in [-0.15, -0.1) is 0 Å². The minimum Gasteiger partial charge on any atom is -0.439 e. The third kappa shape index (κ3) is 3.28. The summed E-state index contributed by atoms with van der Waals surface area (Å²) in [6.45, 7) is 1.70. The predicted molar refractivity (Wildman–Crippen MR) is 69.1 cm³/mol. The molecular formula is C13H12BrNO2. The van der Waals surface area contributed by atoms with Gasteiger partial charge in [-0.05, 0) is 42.8 Å². The molecule has 0 aliphatic heterocycles. The normalized spacial score (nSPS) is 12.2. The van der Waals surface area contributed by atoms with Crippen molar-refractivity contribution in [2.75, 3.05) is 0 Å². The second-order valence-corrected chi connectivity index (χ2v) is 4.58. The molecule has 0 amide bonds. The molecule has 0 saturated heterocycles. The highest BCUT2D eigenvalue weighted by atomic mass is 79.9. The van der Waals surface area contributed by atoms with Gasteiger partial charge in [0.15, 0.2) is 0 Å². The van der Waals surface area contributed by atoms with Crippen molar-refractivity contribution in [1.82, 2.24) is 4.98 Å². The van der Waals surface area contributed by atoms with Gasteiger partial charge < -0.3 is 9.84 Å². The van der Waals surface area contributed by atoms with Gasteiger partial charge in [-0.1, -0.05) is 15.9 Å². The summed E-state index contributed by atoms with van der Waals surface area (Å²) in [4.78, 5) is 4.12. The minimum absolute atomic E-state index is 0.510. The molecule has 1 atom stereocenters. The van der Waals surface area contributed by atoms with Gasteiger partial charge in [0, 0.05) is 16.7 Å². The van der Waals surface area contributed by atoms with Crippen molar-refractivity contribution >= 4 is 15.9 Å². The summed E-state index contributed by atoms with van der Waals surface area (Å²) in [5.41, 5.74) is 0.771. The van der Waals surface area contributed by atoms with Crippen LogP contribution >= 0.6 is 15.9 Å². The van der Waals surface area contributed by atoms with E-state index >= 15 is 0 Å². The molecule has 0 unspecified atom stereocenters. The second kappa shape index (κ2) is 5.29. The lowest BCUT2D eigenvalue weighted by Crippen LogP contribution is -1.93. The van der Waals surface area contributed by atoms with Crippen LogP contribution in [0.1, 0.15) is 18.6 Å². The first-order valence-corrected chi connectivity index (χ1v) is 6.02. The van der Waals surface area contributed by atoms with Crippen LogP contribution in [0.4, 0.5) is 0 Å². The third-order valence-electron chi connectivity index (χ3n) is 2.28. The van der Waals surface area contributed by atoms with Crippen molar-refractivity contribution in [2.45, 2.75) is 13.0 Å². The van der Waals surface area contributed by atoms with Gasteiger partial charge in [0.1, 0.15) is 5.75 Å². The van der Waals surface area contributed by atoms with Crippen molar-refractivity contribution < 1.29 is 9.84 Å². The molecule has 1 aromatic heterocycles. The molecule has 88 valence electrons. The number of benzene rings is 1. The maximum atomic E-state index is 9.35. The van der Waals surface area contributed by atoms with Crippen LogP contribution in [-0.2, 0) is 0 Å². The summed E-state index contributed by atoms with van der Waals surface area (Å²) in [5.74, 6) is 1.24. The molecule has 0 aliphatic carbocycles. The van der Waals surface area contributed by atoms with E-state index in [9.17, 15) is 5.11 Å². The molecule has 2 aromatic rings. The van der Waals surface area contributed by atoms with Gasteiger partial charge in [-0.25, -0.2) is 4.98 Å². The Morgan fingerprint density at radius 1 is 1.18 bits per heavy atom. The molecule has 2 rings (SSSR count). The Morgan fingerprint density at radius 3 is 2.41 bits per heavy atom. The molecule has 0 aliphatic rings. The number of ether oxygens (including phenoxy) is 1. The van der Waals surface area contributed by atoms with E-state index in [0.29, 0.717) is 5.88 Å². The highest BCUT2D eigenvalue weighted by molar-refractivity contribution is 9.10. The SMILES string of the molecule is C[C@H](O)c1ccc(Oc2ccc(Br)cc2)nc1. The minimum atomic E-state index is -0.510. The zero-order valence-electron chi connectivity index (χ0n) is 9.30. The van der Waals surface area contributed by atoms with Crippen LogP contribution in [0.3, 0.4) is 0 Å². The molecule has 1 aromatic carbocycles. The van der Waals surface area contributed by atoms with Crippen molar-refractivity contribution in [3.63, 3.8) is 0 Å². The van der Waals surface area contributed by atoms with E-state index < -0.39 is 6.10 Å². The number of pyridine rings is 1. The van der Waals surface area contributed by atoms with Crippen LogP contribution in [0.5, 0.6) is 11.6 Å². The van der Waals surface area contributed by atoms with Gasteiger partial charge in [0.25, 0.3) is 0 Å². The lowest BCUT2D eigenvalue weighted by molar-refractivity contribution is 0.198.